The Hall–Kier alpha value is -0.910. The van der Waals surface area contributed by atoms with Crippen molar-refractivity contribution in [1.82, 2.24) is 5.32 Å². The summed E-state index contributed by atoms with van der Waals surface area (Å²) in [6, 6.07) is 1.76. The molecule has 2 N–H and O–H groups in total. The maximum absolute atomic E-state index is 10.8. The fraction of sp³-hybridized carbons (Fsp3) is 0.643. The van der Waals surface area contributed by atoms with E-state index in [2.05, 4.69) is 5.32 Å². The van der Waals surface area contributed by atoms with Crippen LogP contribution in [0.4, 0.5) is 0 Å². The molecular weight excluding hydrogens is 262 g/mol. The van der Waals surface area contributed by atoms with Crippen molar-refractivity contribution in [1.29, 1.82) is 0 Å². The standard InChI is InChI=1S/C14H23NO3S/c1-10(2)18-7-5-4-6-15-9-12-8-13(14(16)17)19-11(12)3/h8,10,15H,4-7,9H2,1-3H3,(H,16,17). The molecular formula is C14H23NO3S. The highest BCUT2D eigenvalue weighted by molar-refractivity contribution is 7.14. The van der Waals surface area contributed by atoms with Gasteiger partial charge >= 0.3 is 5.97 Å². The van der Waals surface area contributed by atoms with Crippen LogP contribution >= 0.6 is 11.3 Å². The third-order valence-electron chi connectivity index (χ3n) is 2.75. The lowest BCUT2D eigenvalue weighted by Gasteiger charge is -2.07. The molecule has 0 spiro atoms. The zero-order valence-corrected chi connectivity index (χ0v) is 12.7. The molecule has 0 amide bonds. The highest BCUT2D eigenvalue weighted by atomic mass is 32.1. The van der Waals surface area contributed by atoms with Crippen molar-refractivity contribution in [3.8, 4) is 0 Å². The van der Waals surface area contributed by atoms with Gasteiger partial charge in [-0.15, -0.1) is 11.3 Å². The third-order valence-corrected chi connectivity index (χ3v) is 3.83. The Morgan fingerprint density at radius 3 is 2.79 bits per heavy atom. The summed E-state index contributed by atoms with van der Waals surface area (Å²) in [6.07, 6.45) is 2.42. The lowest BCUT2D eigenvalue weighted by molar-refractivity contribution is 0.0701. The summed E-state index contributed by atoms with van der Waals surface area (Å²) in [5, 5.41) is 12.3. The first-order valence-corrected chi connectivity index (χ1v) is 7.47. The summed E-state index contributed by atoms with van der Waals surface area (Å²) in [6.45, 7) is 8.51. The molecule has 0 saturated heterocycles. The van der Waals surface area contributed by atoms with E-state index in [4.69, 9.17) is 9.84 Å². The minimum atomic E-state index is -0.842. The molecule has 1 aromatic rings. The van der Waals surface area contributed by atoms with E-state index in [-0.39, 0.29) is 0 Å². The summed E-state index contributed by atoms with van der Waals surface area (Å²) in [4.78, 5) is 12.3. The van der Waals surface area contributed by atoms with E-state index in [0.717, 1.165) is 43.0 Å². The lowest BCUT2D eigenvalue weighted by Crippen LogP contribution is -2.15. The van der Waals surface area contributed by atoms with Gasteiger partial charge in [-0.25, -0.2) is 4.79 Å². The average Bonchev–Trinajstić information content (AvgIpc) is 2.69. The molecule has 0 aliphatic carbocycles. The van der Waals surface area contributed by atoms with Crippen molar-refractivity contribution in [2.24, 2.45) is 0 Å². The largest absolute Gasteiger partial charge is 0.477 e. The van der Waals surface area contributed by atoms with Crippen LogP contribution in [-0.4, -0.2) is 30.3 Å². The number of hydrogen-bond donors (Lipinski definition) is 2. The van der Waals surface area contributed by atoms with Crippen LogP contribution in [0.5, 0.6) is 0 Å². The van der Waals surface area contributed by atoms with Crippen LogP contribution < -0.4 is 5.32 Å². The third kappa shape index (κ3) is 6.18. The van der Waals surface area contributed by atoms with Crippen molar-refractivity contribution in [2.75, 3.05) is 13.2 Å². The first kappa shape index (κ1) is 16.1. The Balaban J connectivity index is 2.17. The van der Waals surface area contributed by atoms with Gasteiger partial charge in [0.15, 0.2) is 0 Å². The molecule has 1 aromatic heterocycles. The molecule has 0 radical (unpaired) electrons. The summed E-state index contributed by atoms with van der Waals surface area (Å²) in [5.74, 6) is -0.842. The molecule has 4 nitrogen and oxygen atoms in total. The predicted molar refractivity (Wildman–Crippen MR) is 78.0 cm³/mol. The summed E-state index contributed by atoms with van der Waals surface area (Å²) in [5.41, 5.74) is 1.08. The second-order valence-corrected chi connectivity index (χ2v) is 6.06. The molecule has 0 aromatic carbocycles. The molecule has 1 heterocycles. The maximum Gasteiger partial charge on any atom is 0.345 e. The quantitative estimate of drug-likeness (QED) is 0.685. The number of aromatic carboxylic acids is 1. The molecule has 19 heavy (non-hydrogen) atoms. The zero-order valence-electron chi connectivity index (χ0n) is 11.9. The zero-order chi connectivity index (χ0) is 14.3. The second-order valence-electron chi connectivity index (χ2n) is 4.80. The number of carboxylic acid groups (broad SMARTS) is 1. The number of ether oxygens (including phenoxy) is 1. The summed E-state index contributed by atoms with van der Waals surface area (Å²) < 4.78 is 5.46. The van der Waals surface area contributed by atoms with E-state index < -0.39 is 5.97 Å². The van der Waals surface area contributed by atoms with Gasteiger partial charge in [-0.1, -0.05) is 0 Å². The number of nitrogens with one attached hydrogen (secondary N) is 1. The van der Waals surface area contributed by atoms with Crippen molar-refractivity contribution in [3.05, 3.63) is 21.4 Å². The number of carboxylic acids is 1. The normalized spacial score (nSPS) is 11.2. The fourth-order valence-electron chi connectivity index (χ4n) is 1.69. The van der Waals surface area contributed by atoms with Crippen LogP contribution in [0.15, 0.2) is 6.07 Å². The lowest BCUT2D eigenvalue weighted by atomic mass is 10.2. The van der Waals surface area contributed by atoms with Crippen LogP contribution in [0.3, 0.4) is 0 Å². The van der Waals surface area contributed by atoms with Crippen molar-refractivity contribution < 1.29 is 14.6 Å². The number of unbranched alkanes of at least 4 members (excludes halogenated alkanes) is 1. The summed E-state index contributed by atoms with van der Waals surface area (Å²) in [7, 11) is 0. The van der Waals surface area contributed by atoms with Gasteiger partial charge < -0.3 is 15.2 Å². The molecule has 0 atom stereocenters. The molecule has 5 heteroatoms. The van der Waals surface area contributed by atoms with Crippen molar-refractivity contribution in [2.45, 2.75) is 46.3 Å². The van der Waals surface area contributed by atoms with Crippen LogP contribution in [0.2, 0.25) is 0 Å². The first-order valence-electron chi connectivity index (χ1n) is 6.65. The van der Waals surface area contributed by atoms with Gasteiger partial charge in [0.25, 0.3) is 0 Å². The van der Waals surface area contributed by atoms with Crippen LogP contribution in [0.25, 0.3) is 0 Å². The molecule has 0 fully saturated rings. The number of rotatable bonds is 9. The van der Waals surface area contributed by atoms with Gasteiger partial charge in [-0.05, 0) is 51.8 Å². The van der Waals surface area contributed by atoms with Gasteiger partial charge in [0, 0.05) is 18.0 Å². The molecule has 0 bridgehead atoms. The Labute approximate surface area is 118 Å². The predicted octanol–water partition coefficient (Wildman–Crippen LogP) is 3.05. The minimum absolute atomic E-state index is 0.302. The Morgan fingerprint density at radius 1 is 1.47 bits per heavy atom. The fourth-order valence-corrected chi connectivity index (χ4v) is 2.58. The number of aryl methyl sites for hydroxylation is 1. The highest BCUT2D eigenvalue weighted by Gasteiger charge is 2.10. The summed E-state index contributed by atoms with van der Waals surface area (Å²) >= 11 is 1.34. The second kappa shape index (κ2) is 8.30. The van der Waals surface area contributed by atoms with E-state index in [1.54, 1.807) is 6.07 Å². The van der Waals surface area contributed by atoms with Crippen LogP contribution in [0.1, 0.15) is 46.8 Å². The average molecular weight is 285 g/mol. The number of thiophene rings is 1. The molecule has 0 aliphatic heterocycles. The highest BCUT2D eigenvalue weighted by Crippen LogP contribution is 2.21. The smallest absolute Gasteiger partial charge is 0.345 e. The molecule has 108 valence electrons. The van der Waals surface area contributed by atoms with Crippen LogP contribution in [0, 0.1) is 6.92 Å². The van der Waals surface area contributed by atoms with Crippen molar-refractivity contribution >= 4 is 17.3 Å². The van der Waals surface area contributed by atoms with Crippen molar-refractivity contribution in [3.63, 3.8) is 0 Å². The topological polar surface area (TPSA) is 58.6 Å². The van der Waals surface area contributed by atoms with E-state index >= 15 is 0 Å². The number of carbonyl (C=O) groups is 1. The SMILES string of the molecule is Cc1sc(C(=O)O)cc1CNCCCCOC(C)C. The molecule has 0 aliphatic rings. The number of hydrogen-bond acceptors (Lipinski definition) is 4. The van der Waals surface area contributed by atoms with Gasteiger partial charge in [-0.2, -0.15) is 0 Å². The molecule has 0 unspecified atom stereocenters. The van der Waals surface area contributed by atoms with Crippen LogP contribution in [-0.2, 0) is 11.3 Å². The molecule has 0 saturated carbocycles. The van der Waals surface area contributed by atoms with E-state index in [9.17, 15) is 4.79 Å². The van der Waals surface area contributed by atoms with Gasteiger partial charge in [-0.3, -0.25) is 0 Å². The Bertz CT molecular complexity index is 401. The van der Waals surface area contributed by atoms with E-state index in [1.165, 1.54) is 11.3 Å². The Morgan fingerprint density at radius 2 is 2.21 bits per heavy atom. The van der Waals surface area contributed by atoms with E-state index in [0.29, 0.717) is 11.0 Å². The monoisotopic (exact) mass is 285 g/mol. The molecule has 1 rings (SSSR count). The van der Waals surface area contributed by atoms with Gasteiger partial charge in [0.1, 0.15) is 4.88 Å². The minimum Gasteiger partial charge on any atom is -0.477 e. The van der Waals surface area contributed by atoms with E-state index in [1.807, 2.05) is 20.8 Å². The Kier molecular flexibility index (Phi) is 7.05. The van der Waals surface area contributed by atoms with Gasteiger partial charge in [0.05, 0.1) is 6.10 Å². The van der Waals surface area contributed by atoms with Gasteiger partial charge in [0.2, 0.25) is 0 Å². The maximum atomic E-state index is 10.8. The first-order chi connectivity index (χ1) is 9.00.